The molecule has 0 saturated heterocycles. The van der Waals surface area contributed by atoms with E-state index >= 15 is 0 Å². The topological polar surface area (TPSA) is 56.8 Å². The third-order valence-corrected chi connectivity index (χ3v) is 6.77. The minimum absolute atomic E-state index is 0.00729. The van der Waals surface area contributed by atoms with Crippen molar-refractivity contribution < 1.29 is 18.1 Å². The molecule has 0 heterocycles. The molecule has 0 saturated carbocycles. The molecule has 6 heteroatoms. The summed E-state index contributed by atoms with van der Waals surface area (Å²) >= 11 is 0. The molecular weight excluding hydrogens is 298 g/mol. The van der Waals surface area contributed by atoms with E-state index in [0.29, 0.717) is 5.92 Å². The Hall–Kier alpha value is -0.433. The second-order valence-electron chi connectivity index (χ2n) is 6.98. The quantitative estimate of drug-likeness (QED) is 0.624. The Morgan fingerprint density at radius 2 is 1.64 bits per heavy atom. The Morgan fingerprint density at radius 1 is 1.14 bits per heavy atom. The summed E-state index contributed by atoms with van der Waals surface area (Å²) in [5, 5.41) is 3.05. The molecule has 0 aromatic rings. The van der Waals surface area contributed by atoms with Crippen LogP contribution >= 0.6 is 0 Å². The van der Waals surface area contributed by atoms with Crippen molar-refractivity contribution in [2.24, 2.45) is 11.8 Å². The molecule has 0 aromatic carbocycles. The van der Waals surface area contributed by atoms with Crippen LogP contribution in [0.3, 0.4) is 0 Å². The van der Waals surface area contributed by atoms with Gasteiger partial charge in [0.1, 0.15) is 0 Å². The van der Waals surface area contributed by atoms with Crippen molar-refractivity contribution in [1.29, 1.82) is 0 Å². The lowest BCUT2D eigenvalue weighted by atomic mass is 9.90. The highest BCUT2D eigenvalue weighted by molar-refractivity contribution is 6.60. The summed E-state index contributed by atoms with van der Waals surface area (Å²) in [6, 6.07) is 0.780. The van der Waals surface area contributed by atoms with Crippen LogP contribution in [0, 0.1) is 11.8 Å². The van der Waals surface area contributed by atoms with Crippen molar-refractivity contribution in [3.8, 4) is 0 Å². The summed E-state index contributed by atoms with van der Waals surface area (Å²) in [7, 11) is 2.40. The van der Waals surface area contributed by atoms with Gasteiger partial charge in [-0.25, -0.2) is 0 Å². The number of rotatable bonds is 10. The van der Waals surface area contributed by atoms with Gasteiger partial charge in [-0.1, -0.05) is 20.3 Å². The van der Waals surface area contributed by atoms with E-state index in [1.807, 2.05) is 27.7 Å². The Morgan fingerprint density at radius 3 is 2.00 bits per heavy atom. The van der Waals surface area contributed by atoms with Gasteiger partial charge in [0, 0.05) is 38.8 Å². The van der Waals surface area contributed by atoms with Crippen molar-refractivity contribution in [1.82, 2.24) is 5.32 Å². The fourth-order valence-electron chi connectivity index (χ4n) is 2.53. The first-order valence-corrected chi connectivity index (χ1v) is 10.0. The van der Waals surface area contributed by atoms with E-state index < -0.39 is 8.80 Å². The smallest absolute Gasteiger partial charge is 0.377 e. The number of nitrogens with one attached hydrogen (secondary N) is 1. The molecule has 5 nitrogen and oxygen atoms in total. The maximum Gasteiger partial charge on any atom is 0.500 e. The minimum atomic E-state index is -2.51. The molecular formula is C16H35NO4Si. The van der Waals surface area contributed by atoms with E-state index in [-0.39, 0.29) is 17.4 Å². The van der Waals surface area contributed by atoms with Crippen molar-refractivity contribution >= 4 is 14.7 Å². The van der Waals surface area contributed by atoms with E-state index in [4.69, 9.17) is 13.3 Å². The van der Waals surface area contributed by atoms with Gasteiger partial charge in [-0.2, -0.15) is 0 Å². The Balaban J connectivity index is 4.51. The molecule has 0 rings (SSSR count). The van der Waals surface area contributed by atoms with Crippen LogP contribution in [0.25, 0.3) is 0 Å². The van der Waals surface area contributed by atoms with Crippen LogP contribution in [0.4, 0.5) is 0 Å². The molecule has 2 atom stereocenters. The van der Waals surface area contributed by atoms with Crippen LogP contribution in [0.15, 0.2) is 0 Å². The molecule has 0 aliphatic rings. The summed E-state index contributed by atoms with van der Waals surface area (Å²) in [5.41, 5.74) is -0.183. The molecule has 0 fully saturated rings. The van der Waals surface area contributed by atoms with Crippen LogP contribution in [-0.4, -0.2) is 41.6 Å². The zero-order chi connectivity index (χ0) is 17.4. The molecule has 1 amide bonds. The Labute approximate surface area is 137 Å². The molecule has 132 valence electrons. The normalized spacial score (nSPS) is 15.5. The molecule has 0 aromatic heterocycles. The second kappa shape index (κ2) is 9.65. The van der Waals surface area contributed by atoms with E-state index in [1.165, 1.54) is 0 Å². The SMILES string of the molecule is CCC(CC[Si](OC)(OC)OC)CC(C)C(=O)NC(C)(C)C. The number of hydrogen-bond donors (Lipinski definition) is 1. The van der Waals surface area contributed by atoms with Crippen LogP contribution in [0.5, 0.6) is 0 Å². The fourth-order valence-corrected chi connectivity index (χ4v) is 4.40. The highest BCUT2D eigenvalue weighted by Crippen LogP contribution is 2.26. The monoisotopic (exact) mass is 333 g/mol. The lowest BCUT2D eigenvalue weighted by Gasteiger charge is -2.28. The standard InChI is InChI=1S/C16H35NO4Si/c1-9-14(10-11-22(19-6,20-7)21-8)12-13(2)15(18)17-16(3,4)5/h13-14H,9-12H2,1-8H3,(H,17,18). The van der Waals surface area contributed by atoms with Crippen molar-refractivity contribution in [3.05, 3.63) is 0 Å². The molecule has 0 radical (unpaired) electrons. The van der Waals surface area contributed by atoms with Crippen LogP contribution in [0.1, 0.15) is 53.9 Å². The summed E-state index contributed by atoms with van der Waals surface area (Å²) < 4.78 is 16.4. The van der Waals surface area contributed by atoms with E-state index in [9.17, 15) is 4.79 Å². The largest absolute Gasteiger partial charge is 0.500 e. The number of carbonyl (C=O) groups is 1. The van der Waals surface area contributed by atoms with Crippen molar-refractivity contribution in [2.75, 3.05) is 21.3 Å². The van der Waals surface area contributed by atoms with Crippen molar-refractivity contribution in [2.45, 2.75) is 65.5 Å². The van der Waals surface area contributed by atoms with Gasteiger partial charge in [-0.3, -0.25) is 4.79 Å². The van der Waals surface area contributed by atoms with Crippen LogP contribution in [-0.2, 0) is 18.1 Å². The first-order chi connectivity index (χ1) is 10.1. The molecule has 0 spiro atoms. The molecule has 0 aliphatic carbocycles. The van der Waals surface area contributed by atoms with Crippen LogP contribution < -0.4 is 5.32 Å². The number of hydrogen-bond acceptors (Lipinski definition) is 4. The predicted octanol–water partition coefficient (Wildman–Crippen LogP) is 3.22. The van der Waals surface area contributed by atoms with Gasteiger partial charge in [0.25, 0.3) is 0 Å². The van der Waals surface area contributed by atoms with Gasteiger partial charge in [0.05, 0.1) is 0 Å². The molecule has 0 aliphatic heterocycles. The van der Waals surface area contributed by atoms with E-state index in [1.54, 1.807) is 21.3 Å². The third kappa shape index (κ3) is 7.72. The Bertz CT molecular complexity index is 318. The summed E-state index contributed by atoms with van der Waals surface area (Å²) in [6.45, 7) is 10.2. The average molecular weight is 334 g/mol. The van der Waals surface area contributed by atoms with Crippen LogP contribution in [0.2, 0.25) is 6.04 Å². The summed E-state index contributed by atoms with van der Waals surface area (Å²) in [4.78, 5) is 12.2. The van der Waals surface area contributed by atoms with E-state index in [2.05, 4.69) is 12.2 Å². The lowest BCUT2D eigenvalue weighted by Crippen LogP contribution is -2.44. The zero-order valence-electron chi connectivity index (χ0n) is 15.6. The molecule has 22 heavy (non-hydrogen) atoms. The van der Waals surface area contributed by atoms with Crippen molar-refractivity contribution in [3.63, 3.8) is 0 Å². The first-order valence-electron chi connectivity index (χ1n) is 8.10. The zero-order valence-corrected chi connectivity index (χ0v) is 16.6. The van der Waals surface area contributed by atoms with Gasteiger partial charge in [0.2, 0.25) is 5.91 Å². The summed E-state index contributed by atoms with van der Waals surface area (Å²) in [6.07, 6.45) is 2.86. The highest BCUT2D eigenvalue weighted by Gasteiger charge is 2.38. The molecule has 2 unspecified atom stereocenters. The lowest BCUT2D eigenvalue weighted by molar-refractivity contribution is -0.126. The number of amides is 1. The van der Waals surface area contributed by atoms with Gasteiger partial charge in [-0.15, -0.1) is 0 Å². The molecule has 1 N–H and O–H groups in total. The van der Waals surface area contributed by atoms with Gasteiger partial charge in [0.15, 0.2) is 0 Å². The first kappa shape index (κ1) is 21.6. The highest BCUT2D eigenvalue weighted by atomic mass is 28.4. The maximum absolute atomic E-state index is 12.2. The summed E-state index contributed by atoms with van der Waals surface area (Å²) in [5.74, 6) is 0.598. The predicted molar refractivity (Wildman–Crippen MR) is 91.7 cm³/mol. The third-order valence-electron chi connectivity index (χ3n) is 4.00. The molecule has 0 bridgehead atoms. The van der Waals surface area contributed by atoms with Gasteiger partial charge >= 0.3 is 8.80 Å². The second-order valence-corrected chi connectivity index (χ2v) is 10.1. The fraction of sp³-hybridized carbons (Fsp3) is 0.938. The Kier molecular flexibility index (Phi) is 9.46. The number of carbonyl (C=O) groups excluding carboxylic acids is 1. The van der Waals surface area contributed by atoms with E-state index in [0.717, 1.165) is 25.3 Å². The maximum atomic E-state index is 12.2. The van der Waals surface area contributed by atoms with Gasteiger partial charge in [-0.05, 0) is 39.5 Å². The average Bonchev–Trinajstić information content (AvgIpc) is 2.45. The minimum Gasteiger partial charge on any atom is -0.377 e. The van der Waals surface area contributed by atoms with Gasteiger partial charge < -0.3 is 18.6 Å².